The van der Waals surface area contributed by atoms with Crippen molar-refractivity contribution in [3.63, 3.8) is 0 Å². The number of nitrogens with one attached hydrogen (secondary N) is 2. The molecule has 21 heavy (non-hydrogen) atoms. The first-order chi connectivity index (χ1) is 9.96. The molecule has 0 fully saturated rings. The zero-order valence-electron chi connectivity index (χ0n) is 13.7. The Morgan fingerprint density at radius 3 is 2.48 bits per heavy atom. The predicted molar refractivity (Wildman–Crippen MR) is 82.9 cm³/mol. The third kappa shape index (κ3) is 6.04. The summed E-state index contributed by atoms with van der Waals surface area (Å²) in [7, 11) is 5.25. The van der Waals surface area contributed by atoms with Crippen LogP contribution in [0.4, 0.5) is 0 Å². The van der Waals surface area contributed by atoms with Crippen molar-refractivity contribution in [1.82, 2.24) is 5.32 Å². The van der Waals surface area contributed by atoms with Crippen LogP contribution < -0.4 is 19.7 Å². The zero-order chi connectivity index (χ0) is 15.8. The van der Waals surface area contributed by atoms with Gasteiger partial charge in [0, 0.05) is 12.1 Å². The number of carbonyl (C=O) groups excluding carboxylic acids is 1. The van der Waals surface area contributed by atoms with E-state index in [2.05, 4.69) is 19.2 Å². The van der Waals surface area contributed by atoms with Crippen LogP contribution in [0.3, 0.4) is 0 Å². The molecule has 118 valence electrons. The van der Waals surface area contributed by atoms with E-state index in [1.54, 1.807) is 14.2 Å². The highest BCUT2D eigenvalue weighted by molar-refractivity contribution is 5.76. The first-order valence-corrected chi connectivity index (χ1v) is 7.25. The van der Waals surface area contributed by atoms with Gasteiger partial charge in [0.05, 0.1) is 21.3 Å². The Labute approximate surface area is 127 Å². The maximum atomic E-state index is 11.8. The number of methoxy groups -OCH3 is 2. The highest BCUT2D eigenvalue weighted by Crippen LogP contribution is 2.27. The van der Waals surface area contributed by atoms with Crippen LogP contribution in [-0.4, -0.2) is 40.3 Å². The molecule has 0 aliphatic rings. The van der Waals surface area contributed by atoms with Crippen LogP contribution >= 0.6 is 0 Å². The molecule has 1 rings (SSSR count). The monoisotopic (exact) mass is 295 g/mol. The molecule has 1 aromatic rings. The molecular weight excluding hydrogens is 268 g/mol. The molecule has 5 heteroatoms. The molecule has 0 bridgehead atoms. The molecular formula is C16H27N2O3+. The lowest BCUT2D eigenvalue weighted by molar-refractivity contribution is -0.885. The number of rotatable bonds is 8. The minimum absolute atomic E-state index is 0.0849. The molecule has 0 saturated carbocycles. The number of quaternary nitrogens is 1. The van der Waals surface area contributed by atoms with Gasteiger partial charge in [-0.3, -0.25) is 4.79 Å². The molecule has 0 spiro atoms. The van der Waals surface area contributed by atoms with E-state index in [9.17, 15) is 4.79 Å². The zero-order valence-corrected chi connectivity index (χ0v) is 13.7. The van der Waals surface area contributed by atoms with Gasteiger partial charge >= 0.3 is 0 Å². The van der Waals surface area contributed by atoms with Crippen LogP contribution in [0, 0.1) is 5.92 Å². The molecule has 2 N–H and O–H groups in total. The normalized spacial score (nSPS) is 12.1. The first-order valence-electron chi connectivity index (χ1n) is 7.25. The van der Waals surface area contributed by atoms with Crippen LogP contribution in [0.15, 0.2) is 18.2 Å². The van der Waals surface area contributed by atoms with E-state index >= 15 is 0 Å². The minimum Gasteiger partial charge on any atom is -0.493 e. The van der Waals surface area contributed by atoms with Crippen molar-refractivity contribution in [2.45, 2.75) is 20.4 Å². The Balaban J connectivity index is 2.54. The Hall–Kier alpha value is -1.75. The SMILES string of the molecule is COc1ccc(C[NH+](C)CC(=O)NCC(C)C)cc1OC. The Bertz CT molecular complexity index is 461. The van der Waals surface area contributed by atoms with E-state index < -0.39 is 0 Å². The highest BCUT2D eigenvalue weighted by atomic mass is 16.5. The maximum absolute atomic E-state index is 11.8. The van der Waals surface area contributed by atoms with Crippen molar-refractivity contribution >= 4 is 5.91 Å². The molecule has 0 aromatic heterocycles. The van der Waals surface area contributed by atoms with Crippen molar-refractivity contribution in [3.05, 3.63) is 23.8 Å². The fourth-order valence-corrected chi connectivity index (χ4v) is 2.06. The summed E-state index contributed by atoms with van der Waals surface area (Å²) in [4.78, 5) is 12.9. The Morgan fingerprint density at radius 1 is 1.24 bits per heavy atom. The Kier molecular flexibility index (Phi) is 7.02. The van der Waals surface area contributed by atoms with Crippen molar-refractivity contribution in [2.75, 3.05) is 34.4 Å². The van der Waals surface area contributed by atoms with Crippen molar-refractivity contribution < 1.29 is 19.2 Å². The lowest BCUT2D eigenvalue weighted by Gasteiger charge is -2.15. The second-order valence-corrected chi connectivity index (χ2v) is 5.70. The average Bonchev–Trinajstić information content (AvgIpc) is 2.44. The van der Waals surface area contributed by atoms with Crippen LogP contribution in [0.5, 0.6) is 11.5 Å². The fraction of sp³-hybridized carbons (Fsp3) is 0.562. The quantitative estimate of drug-likeness (QED) is 0.734. The standard InChI is InChI=1S/C16H26N2O3/c1-12(2)9-17-16(19)11-18(3)10-13-6-7-14(20-4)15(8-13)21-5/h6-8,12H,9-11H2,1-5H3,(H,17,19)/p+1. The largest absolute Gasteiger partial charge is 0.493 e. The van der Waals surface area contributed by atoms with E-state index in [-0.39, 0.29) is 5.91 Å². The van der Waals surface area contributed by atoms with Gasteiger partial charge < -0.3 is 19.7 Å². The number of ether oxygens (including phenoxy) is 2. The molecule has 1 atom stereocenters. The average molecular weight is 295 g/mol. The summed E-state index contributed by atoms with van der Waals surface area (Å²) in [6.45, 7) is 6.11. The van der Waals surface area contributed by atoms with Gasteiger partial charge in [-0.1, -0.05) is 13.8 Å². The van der Waals surface area contributed by atoms with Gasteiger partial charge in [0.15, 0.2) is 18.0 Å². The first kappa shape index (κ1) is 17.3. The molecule has 1 aromatic carbocycles. The highest BCUT2D eigenvalue weighted by Gasteiger charge is 2.12. The van der Waals surface area contributed by atoms with Gasteiger partial charge in [-0.25, -0.2) is 0 Å². The van der Waals surface area contributed by atoms with Gasteiger partial charge in [0.25, 0.3) is 5.91 Å². The molecule has 0 heterocycles. The van der Waals surface area contributed by atoms with Crippen molar-refractivity contribution in [2.24, 2.45) is 5.92 Å². The predicted octanol–water partition coefficient (Wildman–Crippen LogP) is 0.491. The third-order valence-electron chi connectivity index (χ3n) is 3.12. The molecule has 0 aliphatic heterocycles. The van der Waals surface area contributed by atoms with E-state index in [1.165, 1.54) is 0 Å². The van der Waals surface area contributed by atoms with E-state index in [4.69, 9.17) is 9.47 Å². The number of benzene rings is 1. The summed E-state index contributed by atoms with van der Waals surface area (Å²) >= 11 is 0. The summed E-state index contributed by atoms with van der Waals surface area (Å²) < 4.78 is 10.5. The van der Waals surface area contributed by atoms with E-state index in [1.807, 2.05) is 25.2 Å². The van der Waals surface area contributed by atoms with Crippen LogP contribution in [0.2, 0.25) is 0 Å². The number of likely N-dealkylation sites (N-methyl/N-ethyl adjacent to an activating group) is 1. The smallest absolute Gasteiger partial charge is 0.275 e. The topological polar surface area (TPSA) is 52.0 Å². The number of hydrogen-bond acceptors (Lipinski definition) is 3. The van der Waals surface area contributed by atoms with Gasteiger partial charge in [-0.15, -0.1) is 0 Å². The lowest BCUT2D eigenvalue weighted by Crippen LogP contribution is -3.08. The van der Waals surface area contributed by atoms with E-state index in [0.717, 1.165) is 23.6 Å². The maximum Gasteiger partial charge on any atom is 0.275 e. The van der Waals surface area contributed by atoms with Crippen molar-refractivity contribution in [1.29, 1.82) is 0 Å². The number of amides is 1. The molecule has 0 radical (unpaired) electrons. The summed E-state index contributed by atoms with van der Waals surface area (Å²) in [5.41, 5.74) is 1.11. The van der Waals surface area contributed by atoms with Crippen LogP contribution in [-0.2, 0) is 11.3 Å². The minimum atomic E-state index is 0.0849. The number of carbonyl (C=O) groups is 1. The third-order valence-corrected chi connectivity index (χ3v) is 3.12. The molecule has 5 nitrogen and oxygen atoms in total. The van der Waals surface area contributed by atoms with Crippen molar-refractivity contribution in [3.8, 4) is 11.5 Å². The van der Waals surface area contributed by atoms with Crippen LogP contribution in [0.25, 0.3) is 0 Å². The second-order valence-electron chi connectivity index (χ2n) is 5.70. The second kappa shape index (κ2) is 8.52. The Morgan fingerprint density at radius 2 is 1.90 bits per heavy atom. The van der Waals surface area contributed by atoms with Gasteiger partial charge in [0.1, 0.15) is 6.54 Å². The van der Waals surface area contributed by atoms with Crippen LogP contribution in [0.1, 0.15) is 19.4 Å². The van der Waals surface area contributed by atoms with Gasteiger partial charge in [-0.05, 0) is 24.1 Å². The summed E-state index contributed by atoms with van der Waals surface area (Å²) in [5.74, 6) is 1.99. The molecule has 0 saturated heterocycles. The number of hydrogen-bond donors (Lipinski definition) is 2. The molecule has 1 unspecified atom stereocenters. The summed E-state index contributed by atoms with van der Waals surface area (Å²) in [6, 6.07) is 5.84. The molecule has 0 aliphatic carbocycles. The van der Waals surface area contributed by atoms with Gasteiger partial charge in [-0.2, -0.15) is 0 Å². The van der Waals surface area contributed by atoms with Gasteiger partial charge in [0.2, 0.25) is 0 Å². The fourth-order valence-electron chi connectivity index (χ4n) is 2.06. The summed E-state index contributed by atoms with van der Waals surface area (Å²) in [5, 5.41) is 2.94. The lowest BCUT2D eigenvalue weighted by atomic mass is 10.2. The van der Waals surface area contributed by atoms with E-state index in [0.29, 0.717) is 24.0 Å². The summed E-state index contributed by atoms with van der Waals surface area (Å²) in [6.07, 6.45) is 0. The molecule has 1 amide bonds.